The van der Waals surface area contributed by atoms with Crippen molar-refractivity contribution in [1.29, 1.82) is 0 Å². The van der Waals surface area contributed by atoms with Crippen molar-refractivity contribution < 1.29 is 16.8 Å². The number of sulfonamides is 2. The zero-order valence-electron chi connectivity index (χ0n) is 12.6. The minimum Gasteiger partial charge on any atom is -0.282 e. The average molecular weight is 419 g/mol. The summed E-state index contributed by atoms with van der Waals surface area (Å²) in [6.45, 7) is 0. The Labute approximate surface area is 153 Å². The lowest BCUT2D eigenvalue weighted by atomic mass is 10.3. The standard InChI is InChI=1S/C13H11ClN4O4S3/c1-24(19,20)18-10-6-5-8(7-9(10)14)17-25(21,22)12-4-2-3-11-13(12)16-23-15-11/h2-7,17-18H,1H3. The molecule has 25 heavy (non-hydrogen) atoms. The van der Waals surface area contributed by atoms with E-state index in [9.17, 15) is 16.8 Å². The Balaban J connectivity index is 1.94. The highest BCUT2D eigenvalue weighted by molar-refractivity contribution is 7.93. The van der Waals surface area contributed by atoms with Gasteiger partial charge < -0.3 is 0 Å². The number of nitrogens with one attached hydrogen (secondary N) is 2. The van der Waals surface area contributed by atoms with Crippen molar-refractivity contribution in [3.63, 3.8) is 0 Å². The molecule has 0 fully saturated rings. The molecule has 8 nitrogen and oxygen atoms in total. The molecule has 1 aromatic heterocycles. The number of halogens is 1. The van der Waals surface area contributed by atoms with Gasteiger partial charge in [-0.1, -0.05) is 17.7 Å². The number of rotatable bonds is 5. The molecule has 1 heterocycles. The second-order valence-electron chi connectivity index (χ2n) is 5.06. The van der Waals surface area contributed by atoms with Crippen LogP contribution < -0.4 is 9.44 Å². The number of nitrogens with zero attached hydrogens (tertiary/aromatic N) is 2. The van der Waals surface area contributed by atoms with E-state index in [2.05, 4.69) is 18.2 Å². The van der Waals surface area contributed by atoms with E-state index in [4.69, 9.17) is 11.6 Å². The molecule has 0 bridgehead atoms. The van der Waals surface area contributed by atoms with Crippen LogP contribution in [0.15, 0.2) is 41.3 Å². The fraction of sp³-hybridized carbons (Fsp3) is 0.0769. The molecule has 0 aliphatic rings. The van der Waals surface area contributed by atoms with Gasteiger partial charge in [0.1, 0.15) is 15.9 Å². The summed E-state index contributed by atoms with van der Waals surface area (Å²) in [5.41, 5.74) is 1.10. The van der Waals surface area contributed by atoms with Gasteiger partial charge in [0.2, 0.25) is 10.0 Å². The van der Waals surface area contributed by atoms with Crippen LogP contribution in [0.5, 0.6) is 0 Å². The minimum atomic E-state index is -3.92. The number of fused-ring (bicyclic) bond motifs is 1. The molecule has 132 valence electrons. The largest absolute Gasteiger partial charge is 0.282 e. The van der Waals surface area contributed by atoms with Crippen LogP contribution in [0.2, 0.25) is 5.02 Å². The quantitative estimate of drug-likeness (QED) is 0.657. The molecular weight excluding hydrogens is 408 g/mol. The second kappa shape index (κ2) is 6.41. The number of aromatic nitrogens is 2. The van der Waals surface area contributed by atoms with Crippen molar-refractivity contribution >= 4 is 65.8 Å². The fourth-order valence-electron chi connectivity index (χ4n) is 2.07. The first kappa shape index (κ1) is 17.9. The van der Waals surface area contributed by atoms with Crippen molar-refractivity contribution in [2.75, 3.05) is 15.7 Å². The summed E-state index contributed by atoms with van der Waals surface area (Å²) < 4.78 is 60.4. The van der Waals surface area contributed by atoms with Crippen LogP contribution in [0.3, 0.4) is 0 Å². The summed E-state index contributed by atoms with van der Waals surface area (Å²) in [6, 6.07) is 8.74. The molecule has 0 aliphatic carbocycles. The van der Waals surface area contributed by atoms with E-state index in [-0.39, 0.29) is 26.8 Å². The van der Waals surface area contributed by atoms with Gasteiger partial charge in [-0.05, 0) is 30.3 Å². The fourth-order valence-corrected chi connectivity index (χ4v) is 4.75. The van der Waals surface area contributed by atoms with Crippen LogP contribution in [0.25, 0.3) is 11.0 Å². The van der Waals surface area contributed by atoms with E-state index in [1.807, 2.05) is 0 Å². The summed E-state index contributed by atoms with van der Waals surface area (Å²) in [6.07, 6.45) is 0.989. The lowest BCUT2D eigenvalue weighted by Gasteiger charge is -2.11. The van der Waals surface area contributed by atoms with E-state index >= 15 is 0 Å². The first-order valence-corrected chi connectivity index (χ1v) is 11.2. The molecule has 0 unspecified atom stereocenters. The molecule has 0 aliphatic heterocycles. The van der Waals surface area contributed by atoms with E-state index in [0.29, 0.717) is 5.52 Å². The Hall–Kier alpha value is -1.95. The highest BCUT2D eigenvalue weighted by Gasteiger charge is 2.20. The molecule has 3 aromatic rings. The molecule has 3 rings (SSSR count). The molecule has 0 atom stereocenters. The van der Waals surface area contributed by atoms with Crippen molar-refractivity contribution in [2.45, 2.75) is 4.90 Å². The predicted octanol–water partition coefficient (Wildman–Crippen LogP) is 2.52. The van der Waals surface area contributed by atoms with Crippen LogP contribution in [0, 0.1) is 0 Å². The normalized spacial score (nSPS) is 12.2. The first-order chi connectivity index (χ1) is 11.7. The molecule has 2 aromatic carbocycles. The third-order valence-electron chi connectivity index (χ3n) is 3.06. The van der Waals surface area contributed by atoms with Gasteiger partial charge in [0.05, 0.1) is 34.4 Å². The first-order valence-electron chi connectivity index (χ1n) is 6.67. The van der Waals surface area contributed by atoms with Gasteiger partial charge in [-0.3, -0.25) is 9.44 Å². The predicted molar refractivity (Wildman–Crippen MR) is 98.1 cm³/mol. The van der Waals surface area contributed by atoms with E-state index in [1.165, 1.54) is 24.3 Å². The highest BCUT2D eigenvalue weighted by atomic mass is 35.5. The van der Waals surface area contributed by atoms with Crippen LogP contribution in [-0.2, 0) is 20.0 Å². The second-order valence-corrected chi connectivity index (χ2v) is 9.40. The molecule has 0 radical (unpaired) electrons. The van der Waals surface area contributed by atoms with Crippen LogP contribution in [0.4, 0.5) is 11.4 Å². The Bertz CT molecular complexity index is 1160. The maximum Gasteiger partial charge on any atom is 0.264 e. The van der Waals surface area contributed by atoms with Crippen LogP contribution in [0.1, 0.15) is 0 Å². The topological polar surface area (TPSA) is 118 Å². The third-order valence-corrected chi connectivity index (χ3v) is 5.91. The molecule has 12 heteroatoms. The highest BCUT2D eigenvalue weighted by Crippen LogP contribution is 2.29. The minimum absolute atomic E-state index is 0.00629. The molecule has 0 saturated heterocycles. The van der Waals surface area contributed by atoms with Gasteiger partial charge in [0.15, 0.2) is 0 Å². The van der Waals surface area contributed by atoms with Crippen LogP contribution in [-0.4, -0.2) is 31.8 Å². The Morgan fingerprint density at radius 1 is 1.04 bits per heavy atom. The Morgan fingerprint density at radius 2 is 1.80 bits per heavy atom. The zero-order valence-corrected chi connectivity index (χ0v) is 15.8. The van der Waals surface area contributed by atoms with Crippen molar-refractivity contribution in [2.24, 2.45) is 0 Å². The molecule has 0 saturated carbocycles. The summed E-state index contributed by atoms with van der Waals surface area (Å²) in [5, 5.41) is 0.0548. The van der Waals surface area contributed by atoms with Gasteiger partial charge in [-0.15, -0.1) is 0 Å². The SMILES string of the molecule is CS(=O)(=O)Nc1ccc(NS(=O)(=O)c2cccc3nsnc23)cc1Cl. The molecule has 0 spiro atoms. The van der Waals surface area contributed by atoms with Crippen molar-refractivity contribution in [3.8, 4) is 0 Å². The lowest BCUT2D eigenvalue weighted by molar-refractivity contribution is 0.601. The van der Waals surface area contributed by atoms with E-state index in [1.54, 1.807) is 12.1 Å². The van der Waals surface area contributed by atoms with Gasteiger partial charge >= 0.3 is 0 Å². The number of hydrogen-bond acceptors (Lipinski definition) is 7. The summed E-state index contributed by atoms with van der Waals surface area (Å²) in [4.78, 5) is -0.00629. The number of hydrogen-bond donors (Lipinski definition) is 2. The van der Waals surface area contributed by atoms with E-state index < -0.39 is 20.0 Å². The van der Waals surface area contributed by atoms with Gasteiger partial charge in [0, 0.05) is 0 Å². The average Bonchev–Trinajstić information content (AvgIpc) is 2.96. The lowest BCUT2D eigenvalue weighted by Crippen LogP contribution is -2.14. The molecule has 2 N–H and O–H groups in total. The Kier molecular flexibility index (Phi) is 4.58. The van der Waals surface area contributed by atoms with E-state index in [0.717, 1.165) is 18.0 Å². The molecule has 0 amide bonds. The summed E-state index contributed by atoms with van der Waals surface area (Å²) in [5.74, 6) is 0. The maximum absolute atomic E-state index is 12.6. The number of anilines is 2. The van der Waals surface area contributed by atoms with Crippen LogP contribution >= 0.6 is 23.3 Å². The maximum atomic E-state index is 12.6. The van der Waals surface area contributed by atoms with Gasteiger partial charge in [0.25, 0.3) is 10.0 Å². The van der Waals surface area contributed by atoms with Crippen molar-refractivity contribution in [3.05, 3.63) is 41.4 Å². The Morgan fingerprint density at radius 3 is 2.48 bits per heavy atom. The number of benzene rings is 2. The van der Waals surface area contributed by atoms with Crippen molar-refractivity contribution in [1.82, 2.24) is 8.75 Å². The monoisotopic (exact) mass is 418 g/mol. The van der Waals surface area contributed by atoms with Gasteiger partial charge in [-0.2, -0.15) is 8.75 Å². The third kappa shape index (κ3) is 4.00. The smallest absolute Gasteiger partial charge is 0.264 e. The molecular formula is C13H11ClN4O4S3. The van der Waals surface area contributed by atoms with Gasteiger partial charge in [-0.25, -0.2) is 16.8 Å². The zero-order chi connectivity index (χ0) is 18.2. The summed E-state index contributed by atoms with van der Waals surface area (Å²) >= 11 is 6.93. The summed E-state index contributed by atoms with van der Waals surface area (Å²) in [7, 11) is -7.41.